The van der Waals surface area contributed by atoms with Crippen LogP contribution in [0.3, 0.4) is 0 Å². The van der Waals surface area contributed by atoms with Crippen LogP contribution >= 0.6 is 0 Å². The summed E-state index contributed by atoms with van der Waals surface area (Å²) >= 11 is 0. The van der Waals surface area contributed by atoms with Crippen molar-refractivity contribution in [2.24, 2.45) is 5.92 Å². The third-order valence-electron chi connectivity index (χ3n) is 4.31. The van der Waals surface area contributed by atoms with E-state index in [1.807, 2.05) is 32.2 Å². The number of nitrogens with zero attached hydrogens (tertiary/aromatic N) is 1. The Hall–Kier alpha value is -2.94. The molecule has 0 aliphatic rings. The molecule has 126 valence electrons. The van der Waals surface area contributed by atoms with Crippen molar-refractivity contribution in [3.05, 3.63) is 66.4 Å². The van der Waals surface area contributed by atoms with Gasteiger partial charge in [-0.05, 0) is 52.8 Å². The van der Waals surface area contributed by atoms with Gasteiger partial charge in [-0.2, -0.15) is 0 Å². The van der Waals surface area contributed by atoms with Crippen LogP contribution in [0.4, 0.5) is 5.82 Å². The van der Waals surface area contributed by atoms with Gasteiger partial charge < -0.3 is 5.32 Å². The number of carbonyl (C=O) groups excluding carboxylic acids is 1. The zero-order valence-electron chi connectivity index (χ0n) is 14.8. The molecule has 0 radical (unpaired) electrons. The van der Waals surface area contributed by atoms with Crippen LogP contribution in [0.2, 0.25) is 0 Å². The van der Waals surface area contributed by atoms with E-state index in [9.17, 15) is 4.79 Å². The number of rotatable bonds is 4. The first-order chi connectivity index (χ1) is 12.0. The van der Waals surface area contributed by atoms with Crippen molar-refractivity contribution >= 4 is 28.6 Å². The number of nitrogens with one attached hydrogen (secondary N) is 1. The van der Waals surface area contributed by atoms with Gasteiger partial charge in [0.25, 0.3) is 0 Å². The van der Waals surface area contributed by atoms with Gasteiger partial charge >= 0.3 is 0 Å². The molecule has 0 fully saturated rings. The van der Waals surface area contributed by atoms with E-state index >= 15 is 0 Å². The maximum Gasteiger partial charge on any atom is 0.228 e. The van der Waals surface area contributed by atoms with E-state index in [2.05, 4.69) is 60.2 Å². The van der Waals surface area contributed by atoms with Crippen molar-refractivity contribution < 1.29 is 4.79 Å². The Morgan fingerprint density at radius 1 is 1.12 bits per heavy atom. The zero-order valence-corrected chi connectivity index (χ0v) is 14.8. The molecule has 25 heavy (non-hydrogen) atoms. The molecule has 0 aliphatic heterocycles. The number of anilines is 1. The topological polar surface area (TPSA) is 42.0 Å². The summed E-state index contributed by atoms with van der Waals surface area (Å²) in [6, 6.07) is 14.5. The lowest BCUT2D eigenvalue weighted by atomic mass is 9.96. The first-order valence-electron chi connectivity index (χ1n) is 8.42. The number of fused-ring (bicyclic) bond motifs is 1. The van der Waals surface area contributed by atoms with Crippen LogP contribution in [0, 0.1) is 12.8 Å². The molecule has 0 spiro atoms. The van der Waals surface area contributed by atoms with Crippen LogP contribution in [0.15, 0.2) is 55.2 Å². The van der Waals surface area contributed by atoms with E-state index in [0.717, 1.165) is 21.9 Å². The van der Waals surface area contributed by atoms with Crippen LogP contribution in [-0.4, -0.2) is 10.9 Å². The predicted molar refractivity (Wildman–Crippen MR) is 105 cm³/mol. The Morgan fingerprint density at radius 3 is 2.64 bits per heavy atom. The SMILES string of the molecule is C=Cc1ccc(C)c(-c2ccc3cc(NC(=O)C(C)C)ncc3c2)c1. The Morgan fingerprint density at radius 2 is 1.92 bits per heavy atom. The van der Waals surface area contributed by atoms with Crippen molar-refractivity contribution in [2.75, 3.05) is 5.32 Å². The quantitative estimate of drug-likeness (QED) is 0.691. The van der Waals surface area contributed by atoms with E-state index in [-0.39, 0.29) is 11.8 Å². The largest absolute Gasteiger partial charge is 0.310 e. The smallest absolute Gasteiger partial charge is 0.228 e. The Bertz CT molecular complexity index is 957. The standard InChI is InChI=1S/C22H22N2O/c1-5-16-7-6-15(4)20(10-16)18-9-8-17-12-21(23-13-19(17)11-18)24-22(25)14(2)3/h5-14H,1H2,2-4H3,(H,23,24,25). The fourth-order valence-electron chi connectivity index (χ4n) is 2.73. The number of aromatic nitrogens is 1. The van der Waals surface area contributed by atoms with Crippen molar-refractivity contribution in [1.29, 1.82) is 0 Å². The van der Waals surface area contributed by atoms with Gasteiger partial charge in [0.2, 0.25) is 5.91 Å². The molecule has 3 heteroatoms. The van der Waals surface area contributed by atoms with E-state index < -0.39 is 0 Å². The predicted octanol–water partition coefficient (Wildman–Crippen LogP) is 5.45. The molecule has 0 saturated heterocycles. The molecule has 0 aliphatic carbocycles. The molecule has 1 N–H and O–H groups in total. The lowest BCUT2D eigenvalue weighted by Crippen LogP contribution is -2.18. The zero-order chi connectivity index (χ0) is 18.0. The van der Waals surface area contributed by atoms with E-state index in [0.29, 0.717) is 5.82 Å². The number of hydrogen-bond acceptors (Lipinski definition) is 2. The summed E-state index contributed by atoms with van der Waals surface area (Å²) in [5, 5.41) is 4.94. The highest BCUT2D eigenvalue weighted by atomic mass is 16.1. The fraction of sp³-hybridized carbons (Fsp3) is 0.182. The van der Waals surface area contributed by atoms with Gasteiger partial charge in [-0.1, -0.05) is 50.8 Å². The van der Waals surface area contributed by atoms with Gasteiger partial charge in [0.05, 0.1) is 0 Å². The average molecular weight is 330 g/mol. The summed E-state index contributed by atoms with van der Waals surface area (Å²) in [6.07, 6.45) is 3.66. The maximum absolute atomic E-state index is 11.8. The van der Waals surface area contributed by atoms with Crippen LogP contribution < -0.4 is 5.32 Å². The molecule has 3 rings (SSSR count). The number of pyridine rings is 1. The number of aryl methyl sites for hydroxylation is 1. The van der Waals surface area contributed by atoms with Crippen LogP contribution in [0.5, 0.6) is 0 Å². The van der Waals surface area contributed by atoms with Gasteiger partial charge in [0, 0.05) is 17.5 Å². The number of benzene rings is 2. The molecule has 0 saturated carbocycles. The van der Waals surface area contributed by atoms with E-state index in [1.54, 1.807) is 0 Å². The lowest BCUT2D eigenvalue weighted by Gasteiger charge is -2.10. The molecule has 3 aromatic rings. The van der Waals surface area contributed by atoms with Crippen molar-refractivity contribution in [1.82, 2.24) is 4.98 Å². The third-order valence-corrected chi connectivity index (χ3v) is 4.31. The second-order valence-corrected chi connectivity index (χ2v) is 6.55. The second kappa shape index (κ2) is 6.89. The average Bonchev–Trinajstić information content (AvgIpc) is 2.61. The molecule has 1 heterocycles. The van der Waals surface area contributed by atoms with E-state index in [4.69, 9.17) is 0 Å². The van der Waals surface area contributed by atoms with Crippen LogP contribution in [-0.2, 0) is 4.79 Å². The van der Waals surface area contributed by atoms with Crippen molar-refractivity contribution in [3.8, 4) is 11.1 Å². The van der Waals surface area contributed by atoms with Gasteiger partial charge in [-0.25, -0.2) is 4.98 Å². The fourth-order valence-corrected chi connectivity index (χ4v) is 2.73. The van der Waals surface area contributed by atoms with Gasteiger partial charge in [0.1, 0.15) is 5.82 Å². The summed E-state index contributed by atoms with van der Waals surface area (Å²) < 4.78 is 0. The summed E-state index contributed by atoms with van der Waals surface area (Å²) in [7, 11) is 0. The molecule has 1 amide bonds. The minimum atomic E-state index is -0.0695. The lowest BCUT2D eigenvalue weighted by molar-refractivity contribution is -0.118. The monoisotopic (exact) mass is 330 g/mol. The minimum absolute atomic E-state index is 0.0275. The van der Waals surface area contributed by atoms with Gasteiger partial charge in [-0.15, -0.1) is 0 Å². The van der Waals surface area contributed by atoms with Crippen molar-refractivity contribution in [3.63, 3.8) is 0 Å². The second-order valence-electron chi connectivity index (χ2n) is 6.55. The molecule has 0 unspecified atom stereocenters. The molecular formula is C22H22N2O. The Labute approximate surface area is 148 Å². The van der Waals surface area contributed by atoms with Crippen LogP contribution in [0.1, 0.15) is 25.0 Å². The number of carbonyl (C=O) groups is 1. The third kappa shape index (κ3) is 3.61. The maximum atomic E-state index is 11.8. The number of hydrogen-bond donors (Lipinski definition) is 1. The Balaban J connectivity index is 1.99. The molecular weight excluding hydrogens is 308 g/mol. The van der Waals surface area contributed by atoms with Gasteiger partial charge in [0.15, 0.2) is 0 Å². The molecule has 3 nitrogen and oxygen atoms in total. The summed E-state index contributed by atoms with van der Waals surface area (Å²) in [5.74, 6) is 0.490. The van der Waals surface area contributed by atoms with Gasteiger partial charge in [-0.3, -0.25) is 4.79 Å². The minimum Gasteiger partial charge on any atom is -0.310 e. The van der Waals surface area contributed by atoms with E-state index in [1.165, 1.54) is 11.1 Å². The van der Waals surface area contributed by atoms with Crippen molar-refractivity contribution in [2.45, 2.75) is 20.8 Å². The molecule has 2 aromatic carbocycles. The number of amides is 1. The molecule has 1 aromatic heterocycles. The summed E-state index contributed by atoms with van der Waals surface area (Å²) in [5.41, 5.74) is 4.66. The summed E-state index contributed by atoms with van der Waals surface area (Å²) in [4.78, 5) is 16.2. The summed E-state index contributed by atoms with van der Waals surface area (Å²) in [6.45, 7) is 9.68. The Kier molecular flexibility index (Phi) is 4.66. The molecule has 0 atom stereocenters. The highest BCUT2D eigenvalue weighted by Gasteiger charge is 2.09. The first-order valence-corrected chi connectivity index (χ1v) is 8.42. The highest BCUT2D eigenvalue weighted by molar-refractivity contribution is 5.94. The molecule has 0 bridgehead atoms. The first kappa shape index (κ1) is 16.9. The normalized spacial score (nSPS) is 10.9. The van der Waals surface area contributed by atoms with Crippen LogP contribution in [0.25, 0.3) is 28.0 Å². The highest BCUT2D eigenvalue weighted by Crippen LogP contribution is 2.29.